The Bertz CT molecular complexity index is 1100. The van der Waals surface area contributed by atoms with Gasteiger partial charge in [-0.3, -0.25) is 14.6 Å². The first kappa shape index (κ1) is 22.9. The van der Waals surface area contributed by atoms with Gasteiger partial charge in [0.25, 0.3) is 5.91 Å². The standard InChI is InChI=1S/C23H18F4N2O3/c1-14(30)32-18-10-8-17(9-11-18)22(31)29-20(16-6-4-15(13-24)5-7-16)21-19(23(25,26)27)3-2-12-28-21/h2-12,20H,13H2,1H3,(H,29,31)/t20-/m0/s1. The van der Waals surface area contributed by atoms with Crippen molar-refractivity contribution in [1.29, 1.82) is 0 Å². The molecule has 9 heteroatoms. The van der Waals surface area contributed by atoms with E-state index < -0.39 is 42.0 Å². The summed E-state index contributed by atoms with van der Waals surface area (Å²) in [4.78, 5) is 27.7. The summed E-state index contributed by atoms with van der Waals surface area (Å²) in [5.74, 6) is -0.983. The molecule has 1 heterocycles. The maximum absolute atomic E-state index is 13.6. The molecule has 0 unspecified atom stereocenters. The van der Waals surface area contributed by atoms with Gasteiger partial charge in [-0.1, -0.05) is 24.3 Å². The van der Waals surface area contributed by atoms with E-state index in [-0.39, 0.29) is 11.3 Å². The minimum atomic E-state index is -4.70. The van der Waals surface area contributed by atoms with Gasteiger partial charge in [0.15, 0.2) is 0 Å². The number of halogens is 4. The molecule has 1 aromatic heterocycles. The molecule has 3 rings (SSSR count). The number of aromatic nitrogens is 1. The number of pyridine rings is 1. The number of nitrogens with one attached hydrogen (secondary N) is 1. The van der Waals surface area contributed by atoms with E-state index in [0.29, 0.717) is 11.1 Å². The number of hydrogen-bond acceptors (Lipinski definition) is 4. The summed E-state index contributed by atoms with van der Waals surface area (Å²) in [6, 6.07) is 12.1. The highest BCUT2D eigenvalue weighted by Gasteiger charge is 2.37. The third-order valence-electron chi connectivity index (χ3n) is 4.54. The molecule has 1 N–H and O–H groups in total. The van der Waals surface area contributed by atoms with Crippen molar-refractivity contribution < 1.29 is 31.9 Å². The fourth-order valence-electron chi connectivity index (χ4n) is 3.05. The van der Waals surface area contributed by atoms with E-state index in [2.05, 4.69) is 10.3 Å². The van der Waals surface area contributed by atoms with Gasteiger partial charge in [0.2, 0.25) is 0 Å². The first-order valence-electron chi connectivity index (χ1n) is 9.45. The zero-order chi connectivity index (χ0) is 23.3. The monoisotopic (exact) mass is 446 g/mol. The van der Waals surface area contributed by atoms with Crippen molar-refractivity contribution in [1.82, 2.24) is 10.3 Å². The number of esters is 1. The van der Waals surface area contributed by atoms with E-state index in [1.807, 2.05) is 0 Å². The first-order chi connectivity index (χ1) is 15.2. The lowest BCUT2D eigenvalue weighted by Crippen LogP contribution is -2.31. The molecule has 166 valence electrons. The molecular formula is C23H18F4N2O3. The van der Waals surface area contributed by atoms with Gasteiger partial charge in [-0.15, -0.1) is 0 Å². The van der Waals surface area contributed by atoms with Crippen LogP contribution < -0.4 is 10.1 Å². The van der Waals surface area contributed by atoms with Crippen LogP contribution in [0, 0.1) is 0 Å². The molecule has 2 aromatic carbocycles. The summed E-state index contributed by atoms with van der Waals surface area (Å²) in [7, 11) is 0. The van der Waals surface area contributed by atoms with Crippen LogP contribution in [0.1, 0.15) is 45.7 Å². The molecule has 0 saturated carbocycles. The normalized spacial score (nSPS) is 12.2. The Morgan fingerprint density at radius 3 is 2.25 bits per heavy atom. The summed E-state index contributed by atoms with van der Waals surface area (Å²) in [5, 5.41) is 2.57. The predicted octanol–water partition coefficient (Wildman–Crippen LogP) is 5.01. The summed E-state index contributed by atoms with van der Waals surface area (Å²) < 4.78 is 58.6. The summed E-state index contributed by atoms with van der Waals surface area (Å²) in [6.45, 7) is 0.494. The lowest BCUT2D eigenvalue weighted by molar-refractivity contribution is -0.138. The van der Waals surface area contributed by atoms with Crippen molar-refractivity contribution in [3.05, 3.63) is 94.8 Å². The molecule has 3 aromatic rings. The number of benzene rings is 2. The van der Waals surface area contributed by atoms with Crippen LogP contribution in [0.4, 0.5) is 17.6 Å². The molecule has 0 aliphatic carbocycles. The van der Waals surface area contributed by atoms with Gasteiger partial charge < -0.3 is 10.1 Å². The molecule has 1 atom stereocenters. The third kappa shape index (κ3) is 5.48. The van der Waals surface area contributed by atoms with Gasteiger partial charge in [-0.05, 0) is 47.5 Å². The van der Waals surface area contributed by atoms with Gasteiger partial charge in [-0.2, -0.15) is 13.2 Å². The molecule has 0 spiro atoms. The molecule has 32 heavy (non-hydrogen) atoms. The Balaban J connectivity index is 1.98. The van der Waals surface area contributed by atoms with Crippen LogP contribution >= 0.6 is 0 Å². The lowest BCUT2D eigenvalue weighted by Gasteiger charge is -2.22. The van der Waals surface area contributed by atoms with Crippen LogP contribution in [-0.4, -0.2) is 16.9 Å². The number of carbonyl (C=O) groups is 2. The molecule has 0 saturated heterocycles. The summed E-state index contributed by atoms with van der Waals surface area (Å²) in [6.07, 6.45) is -3.50. The number of rotatable bonds is 6. The zero-order valence-corrected chi connectivity index (χ0v) is 16.8. The van der Waals surface area contributed by atoms with E-state index in [1.54, 1.807) is 0 Å². The number of carbonyl (C=O) groups excluding carboxylic acids is 2. The minimum absolute atomic E-state index is 0.135. The highest BCUT2D eigenvalue weighted by atomic mass is 19.4. The van der Waals surface area contributed by atoms with E-state index in [4.69, 9.17) is 4.74 Å². The number of nitrogens with zero attached hydrogens (tertiary/aromatic N) is 1. The number of hydrogen-bond donors (Lipinski definition) is 1. The molecule has 0 bridgehead atoms. The largest absolute Gasteiger partial charge is 0.427 e. The van der Waals surface area contributed by atoms with Crippen LogP contribution in [0.15, 0.2) is 66.9 Å². The lowest BCUT2D eigenvalue weighted by atomic mass is 9.97. The maximum Gasteiger partial charge on any atom is 0.418 e. The fourth-order valence-corrected chi connectivity index (χ4v) is 3.05. The Hall–Kier alpha value is -3.75. The third-order valence-corrected chi connectivity index (χ3v) is 4.54. The fraction of sp³-hybridized carbons (Fsp3) is 0.174. The van der Waals surface area contributed by atoms with Gasteiger partial charge in [0.05, 0.1) is 17.3 Å². The van der Waals surface area contributed by atoms with Crippen LogP contribution in [0.5, 0.6) is 5.75 Å². The number of alkyl halides is 4. The number of ether oxygens (including phenoxy) is 1. The Labute approximate surface area is 181 Å². The van der Waals surface area contributed by atoms with E-state index in [9.17, 15) is 27.2 Å². The first-order valence-corrected chi connectivity index (χ1v) is 9.45. The predicted molar refractivity (Wildman–Crippen MR) is 108 cm³/mol. The molecule has 5 nitrogen and oxygen atoms in total. The second-order valence-electron chi connectivity index (χ2n) is 6.83. The quantitative estimate of drug-likeness (QED) is 0.328. The zero-order valence-electron chi connectivity index (χ0n) is 16.8. The van der Waals surface area contributed by atoms with Gasteiger partial charge in [-0.25, -0.2) is 4.39 Å². The van der Waals surface area contributed by atoms with Crippen molar-refractivity contribution in [2.75, 3.05) is 0 Å². The highest BCUT2D eigenvalue weighted by molar-refractivity contribution is 5.94. The second-order valence-corrected chi connectivity index (χ2v) is 6.83. The van der Waals surface area contributed by atoms with Crippen LogP contribution in [0.2, 0.25) is 0 Å². The SMILES string of the molecule is CC(=O)Oc1ccc(C(=O)N[C@@H](c2ccc(CF)cc2)c2ncccc2C(F)(F)F)cc1. The smallest absolute Gasteiger partial charge is 0.418 e. The van der Waals surface area contributed by atoms with Gasteiger partial charge >= 0.3 is 12.1 Å². The molecule has 1 amide bonds. The van der Waals surface area contributed by atoms with Crippen molar-refractivity contribution in [2.24, 2.45) is 0 Å². The van der Waals surface area contributed by atoms with E-state index >= 15 is 0 Å². The van der Waals surface area contributed by atoms with E-state index in [0.717, 1.165) is 12.1 Å². The van der Waals surface area contributed by atoms with Crippen molar-refractivity contribution >= 4 is 11.9 Å². The van der Waals surface area contributed by atoms with Crippen molar-refractivity contribution in [3.63, 3.8) is 0 Å². The van der Waals surface area contributed by atoms with Crippen molar-refractivity contribution in [2.45, 2.75) is 25.8 Å². The van der Waals surface area contributed by atoms with Gasteiger partial charge in [0.1, 0.15) is 12.4 Å². The number of amides is 1. The summed E-state index contributed by atoms with van der Waals surface area (Å²) >= 11 is 0. The Morgan fingerprint density at radius 1 is 1.03 bits per heavy atom. The van der Waals surface area contributed by atoms with Crippen LogP contribution in [-0.2, 0) is 17.6 Å². The average Bonchev–Trinajstić information content (AvgIpc) is 2.77. The maximum atomic E-state index is 13.6. The van der Waals surface area contributed by atoms with Crippen molar-refractivity contribution in [3.8, 4) is 5.75 Å². The average molecular weight is 446 g/mol. The summed E-state index contributed by atoms with van der Waals surface area (Å²) in [5.41, 5.74) is -0.605. The van der Waals surface area contributed by atoms with E-state index in [1.165, 1.54) is 61.7 Å². The Morgan fingerprint density at radius 2 is 1.69 bits per heavy atom. The van der Waals surface area contributed by atoms with Crippen LogP contribution in [0.3, 0.4) is 0 Å². The molecule has 0 fully saturated rings. The molecule has 0 aliphatic rings. The Kier molecular flexibility index (Phi) is 6.87. The second kappa shape index (κ2) is 9.59. The highest BCUT2D eigenvalue weighted by Crippen LogP contribution is 2.35. The molecular weight excluding hydrogens is 428 g/mol. The van der Waals surface area contributed by atoms with Crippen LogP contribution in [0.25, 0.3) is 0 Å². The minimum Gasteiger partial charge on any atom is -0.427 e. The molecule has 0 radical (unpaired) electrons. The van der Waals surface area contributed by atoms with Gasteiger partial charge in [0, 0.05) is 18.7 Å². The topological polar surface area (TPSA) is 68.3 Å². The molecule has 0 aliphatic heterocycles.